The van der Waals surface area contributed by atoms with Gasteiger partial charge in [0, 0.05) is 13.1 Å². The summed E-state index contributed by atoms with van der Waals surface area (Å²) in [6, 6.07) is 0. The Hall–Kier alpha value is -0.170. The van der Waals surface area contributed by atoms with Gasteiger partial charge in [0.2, 0.25) is 10.0 Å². The highest BCUT2D eigenvalue weighted by atomic mass is 32.2. The molecule has 1 aliphatic carbocycles. The van der Waals surface area contributed by atoms with Crippen molar-refractivity contribution in [3.05, 3.63) is 0 Å². The third-order valence-electron chi connectivity index (χ3n) is 3.27. The van der Waals surface area contributed by atoms with E-state index in [0.717, 1.165) is 19.4 Å². The van der Waals surface area contributed by atoms with Gasteiger partial charge in [-0.05, 0) is 26.3 Å². The van der Waals surface area contributed by atoms with Gasteiger partial charge in [-0.25, -0.2) is 13.1 Å². The number of hydrogen-bond donors (Lipinski definition) is 2. The average Bonchev–Trinajstić information content (AvgIpc) is 2.84. The molecular formula is C12H26N2O3S. The van der Waals surface area contributed by atoms with E-state index < -0.39 is 15.3 Å². The maximum atomic E-state index is 11.8. The van der Waals surface area contributed by atoms with Crippen LogP contribution < -0.4 is 10.0 Å². The maximum Gasteiger partial charge on any atom is 0.215 e. The fourth-order valence-electron chi connectivity index (χ4n) is 2.06. The van der Waals surface area contributed by atoms with Crippen LogP contribution in [0.25, 0.3) is 0 Å². The van der Waals surface area contributed by atoms with Gasteiger partial charge >= 0.3 is 0 Å². The molecule has 0 aromatic carbocycles. The SMILES string of the molecule is CCNCC(C)S(=O)(=O)NCCOC1CCCC1. The molecule has 0 aromatic rings. The lowest BCUT2D eigenvalue weighted by Crippen LogP contribution is -2.40. The molecular weight excluding hydrogens is 252 g/mol. The van der Waals surface area contributed by atoms with Crippen molar-refractivity contribution in [1.82, 2.24) is 10.0 Å². The van der Waals surface area contributed by atoms with Crippen LogP contribution in [-0.2, 0) is 14.8 Å². The summed E-state index contributed by atoms with van der Waals surface area (Å²) in [5.74, 6) is 0. The van der Waals surface area contributed by atoms with Gasteiger partial charge < -0.3 is 10.1 Å². The molecule has 0 saturated heterocycles. The lowest BCUT2D eigenvalue weighted by molar-refractivity contribution is 0.0626. The molecule has 18 heavy (non-hydrogen) atoms. The van der Waals surface area contributed by atoms with E-state index in [1.807, 2.05) is 6.92 Å². The second kappa shape index (κ2) is 8.09. The predicted molar refractivity (Wildman–Crippen MR) is 73.1 cm³/mol. The molecule has 1 fully saturated rings. The van der Waals surface area contributed by atoms with Gasteiger partial charge in [0.05, 0.1) is 18.0 Å². The number of sulfonamides is 1. The summed E-state index contributed by atoms with van der Waals surface area (Å²) in [7, 11) is -3.22. The van der Waals surface area contributed by atoms with Crippen molar-refractivity contribution >= 4 is 10.0 Å². The van der Waals surface area contributed by atoms with Gasteiger partial charge in [0.25, 0.3) is 0 Å². The number of nitrogens with one attached hydrogen (secondary N) is 2. The van der Waals surface area contributed by atoms with E-state index in [9.17, 15) is 8.42 Å². The lowest BCUT2D eigenvalue weighted by atomic mass is 10.3. The summed E-state index contributed by atoms with van der Waals surface area (Å²) in [6.07, 6.45) is 5.04. The van der Waals surface area contributed by atoms with E-state index in [2.05, 4.69) is 10.0 Å². The van der Waals surface area contributed by atoms with Crippen LogP contribution in [0.2, 0.25) is 0 Å². The van der Waals surface area contributed by atoms with Crippen molar-refractivity contribution < 1.29 is 13.2 Å². The molecule has 6 heteroatoms. The van der Waals surface area contributed by atoms with Crippen molar-refractivity contribution in [1.29, 1.82) is 0 Å². The molecule has 2 N–H and O–H groups in total. The van der Waals surface area contributed by atoms with E-state index in [4.69, 9.17) is 4.74 Å². The zero-order valence-corrected chi connectivity index (χ0v) is 12.3. The van der Waals surface area contributed by atoms with Gasteiger partial charge in [0.15, 0.2) is 0 Å². The van der Waals surface area contributed by atoms with E-state index in [1.54, 1.807) is 6.92 Å². The van der Waals surface area contributed by atoms with Crippen LogP contribution in [0.15, 0.2) is 0 Å². The van der Waals surface area contributed by atoms with Gasteiger partial charge in [-0.2, -0.15) is 0 Å². The van der Waals surface area contributed by atoms with Gasteiger partial charge in [-0.15, -0.1) is 0 Å². The summed E-state index contributed by atoms with van der Waals surface area (Å²) in [5, 5.41) is 2.63. The van der Waals surface area contributed by atoms with Crippen LogP contribution in [0.4, 0.5) is 0 Å². The second-order valence-corrected chi connectivity index (χ2v) is 7.02. The van der Waals surface area contributed by atoms with Crippen molar-refractivity contribution in [3.63, 3.8) is 0 Å². The van der Waals surface area contributed by atoms with E-state index >= 15 is 0 Å². The first-order valence-corrected chi connectivity index (χ1v) is 8.41. The normalized spacial score (nSPS) is 19.2. The molecule has 1 unspecified atom stereocenters. The van der Waals surface area contributed by atoms with Gasteiger partial charge in [-0.1, -0.05) is 19.8 Å². The second-order valence-electron chi connectivity index (χ2n) is 4.83. The number of hydrogen-bond acceptors (Lipinski definition) is 4. The summed E-state index contributed by atoms with van der Waals surface area (Å²) in [5.41, 5.74) is 0. The fraction of sp³-hybridized carbons (Fsp3) is 1.00. The topological polar surface area (TPSA) is 67.4 Å². The Morgan fingerprint density at radius 2 is 2.00 bits per heavy atom. The Bertz CT molecular complexity index is 313. The Morgan fingerprint density at radius 3 is 2.61 bits per heavy atom. The Balaban J connectivity index is 2.15. The fourth-order valence-corrected chi connectivity index (χ4v) is 3.05. The number of ether oxygens (including phenoxy) is 1. The smallest absolute Gasteiger partial charge is 0.215 e. The van der Waals surface area contributed by atoms with Crippen LogP contribution in [0, 0.1) is 0 Å². The highest BCUT2D eigenvalue weighted by molar-refractivity contribution is 7.90. The molecule has 0 bridgehead atoms. The molecule has 108 valence electrons. The first kappa shape index (κ1) is 15.9. The first-order valence-electron chi connectivity index (χ1n) is 6.87. The molecule has 0 spiro atoms. The minimum absolute atomic E-state index is 0.341. The zero-order chi connectivity index (χ0) is 13.4. The number of rotatable bonds is 9. The van der Waals surface area contributed by atoms with Gasteiger partial charge in [0.1, 0.15) is 0 Å². The zero-order valence-electron chi connectivity index (χ0n) is 11.4. The van der Waals surface area contributed by atoms with Crippen molar-refractivity contribution in [3.8, 4) is 0 Å². The largest absolute Gasteiger partial charge is 0.377 e. The first-order chi connectivity index (χ1) is 8.56. The molecule has 5 nitrogen and oxygen atoms in total. The van der Waals surface area contributed by atoms with Crippen molar-refractivity contribution in [2.24, 2.45) is 0 Å². The van der Waals surface area contributed by atoms with Crippen LogP contribution in [0.5, 0.6) is 0 Å². The molecule has 0 aromatic heterocycles. The molecule has 1 atom stereocenters. The quantitative estimate of drug-likeness (QED) is 0.614. The average molecular weight is 278 g/mol. The van der Waals surface area contributed by atoms with E-state index in [1.165, 1.54) is 12.8 Å². The maximum absolute atomic E-state index is 11.8. The lowest BCUT2D eigenvalue weighted by Gasteiger charge is -2.15. The molecule has 0 amide bonds. The highest BCUT2D eigenvalue weighted by Gasteiger charge is 2.20. The third-order valence-corrected chi connectivity index (χ3v) is 5.11. The van der Waals surface area contributed by atoms with E-state index in [-0.39, 0.29) is 0 Å². The van der Waals surface area contributed by atoms with Crippen molar-refractivity contribution in [2.45, 2.75) is 50.9 Å². The van der Waals surface area contributed by atoms with Crippen LogP contribution in [0.1, 0.15) is 39.5 Å². The van der Waals surface area contributed by atoms with E-state index in [0.29, 0.717) is 25.8 Å². The minimum Gasteiger partial charge on any atom is -0.377 e. The molecule has 0 heterocycles. The molecule has 0 radical (unpaired) electrons. The Morgan fingerprint density at radius 1 is 1.33 bits per heavy atom. The highest BCUT2D eigenvalue weighted by Crippen LogP contribution is 2.20. The summed E-state index contributed by atoms with van der Waals surface area (Å²) >= 11 is 0. The predicted octanol–water partition coefficient (Wildman–Crippen LogP) is 0.863. The Kier molecular flexibility index (Phi) is 7.14. The summed E-state index contributed by atoms with van der Waals surface area (Å²) in [6.45, 7) is 5.78. The molecule has 1 saturated carbocycles. The van der Waals surface area contributed by atoms with Crippen molar-refractivity contribution in [2.75, 3.05) is 26.2 Å². The summed E-state index contributed by atoms with van der Waals surface area (Å²) in [4.78, 5) is 0. The Labute approximate surface area is 111 Å². The molecule has 1 rings (SSSR count). The van der Waals surface area contributed by atoms with Gasteiger partial charge in [-0.3, -0.25) is 0 Å². The monoisotopic (exact) mass is 278 g/mol. The molecule has 0 aliphatic heterocycles. The third kappa shape index (κ3) is 5.65. The van der Waals surface area contributed by atoms with Crippen LogP contribution in [0.3, 0.4) is 0 Å². The summed E-state index contributed by atoms with van der Waals surface area (Å²) < 4.78 is 31.9. The van der Waals surface area contributed by atoms with Crippen LogP contribution in [-0.4, -0.2) is 46.0 Å². The minimum atomic E-state index is -3.22. The molecule has 1 aliphatic rings. The standard InChI is InChI=1S/C12H26N2O3S/c1-3-13-10-11(2)18(15,16)14-8-9-17-12-6-4-5-7-12/h11-14H,3-10H2,1-2H3. The van der Waals surface area contributed by atoms with Crippen LogP contribution >= 0.6 is 0 Å².